The summed E-state index contributed by atoms with van der Waals surface area (Å²) in [4.78, 5) is 33.5. The second kappa shape index (κ2) is 8.23. The maximum Gasteiger partial charge on any atom is 0.222 e. The van der Waals surface area contributed by atoms with E-state index in [4.69, 9.17) is 10.7 Å². The van der Waals surface area contributed by atoms with Crippen LogP contribution in [-0.4, -0.2) is 63.0 Å². The van der Waals surface area contributed by atoms with E-state index >= 15 is 0 Å². The standard InChI is InChI=1S/C23H28N8O/c1-3-20(32)31-13-16-8-17(31)12-30(16)19-11-26-22(24)21(29-19)23-27-10-18(28-23)15-6-4-14(5-7-15)9-25-2/h4-7,10-11,16-17,25H,3,8-9,12-13H2,1-2H3,(H2,24,26)(H,27,28)/t16-,17+/m0/s1. The molecular weight excluding hydrogens is 404 g/mol. The van der Waals surface area contributed by atoms with Gasteiger partial charge in [-0.1, -0.05) is 31.2 Å². The summed E-state index contributed by atoms with van der Waals surface area (Å²) in [5.41, 5.74) is 9.88. The van der Waals surface area contributed by atoms with Crippen molar-refractivity contribution in [2.75, 3.05) is 30.8 Å². The second-order valence-electron chi connectivity index (χ2n) is 8.43. The number of hydrogen-bond donors (Lipinski definition) is 3. The number of benzene rings is 1. The van der Waals surface area contributed by atoms with Crippen LogP contribution in [0.2, 0.25) is 0 Å². The van der Waals surface area contributed by atoms with Crippen molar-refractivity contribution in [3.05, 3.63) is 42.2 Å². The lowest BCUT2D eigenvalue weighted by molar-refractivity contribution is -0.131. The third kappa shape index (κ3) is 3.58. The number of amides is 1. The summed E-state index contributed by atoms with van der Waals surface area (Å²) >= 11 is 0. The van der Waals surface area contributed by atoms with E-state index in [0.717, 1.165) is 43.1 Å². The van der Waals surface area contributed by atoms with Gasteiger partial charge in [-0.25, -0.2) is 15.0 Å². The van der Waals surface area contributed by atoms with E-state index in [2.05, 4.69) is 49.4 Å². The molecule has 3 aromatic rings. The molecule has 166 valence electrons. The number of aromatic amines is 1. The molecule has 2 aliphatic heterocycles. The van der Waals surface area contributed by atoms with Crippen LogP contribution in [-0.2, 0) is 11.3 Å². The molecule has 2 saturated heterocycles. The van der Waals surface area contributed by atoms with Gasteiger partial charge >= 0.3 is 0 Å². The smallest absolute Gasteiger partial charge is 0.222 e. The molecule has 0 spiro atoms. The minimum atomic E-state index is 0.225. The third-order valence-corrected chi connectivity index (χ3v) is 6.39. The first-order chi connectivity index (χ1) is 15.6. The van der Waals surface area contributed by atoms with Gasteiger partial charge in [0.2, 0.25) is 5.91 Å². The summed E-state index contributed by atoms with van der Waals surface area (Å²) in [6.45, 7) is 4.26. The predicted molar refractivity (Wildman–Crippen MR) is 124 cm³/mol. The fourth-order valence-electron chi connectivity index (χ4n) is 4.75. The number of nitrogen functional groups attached to an aromatic ring is 1. The molecule has 2 aromatic heterocycles. The van der Waals surface area contributed by atoms with E-state index < -0.39 is 0 Å². The highest BCUT2D eigenvalue weighted by Gasteiger charge is 2.45. The Bertz CT molecular complexity index is 1130. The van der Waals surface area contributed by atoms with Crippen molar-refractivity contribution in [3.8, 4) is 22.8 Å². The van der Waals surface area contributed by atoms with Gasteiger partial charge in [0.15, 0.2) is 17.3 Å². The van der Waals surface area contributed by atoms with Crippen molar-refractivity contribution in [2.45, 2.75) is 38.4 Å². The molecule has 2 aliphatic rings. The number of nitrogens with zero attached hydrogens (tertiary/aromatic N) is 5. The number of anilines is 2. The lowest BCUT2D eigenvalue weighted by atomic mass is 10.1. The molecule has 1 amide bonds. The van der Waals surface area contributed by atoms with Crippen LogP contribution in [0.3, 0.4) is 0 Å². The van der Waals surface area contributed by atoms with Crippen LogP contribution in [0.5, 0.6) is 0 Å². The quantitative estimate of drug-likeness (QED) is 0.546. The minimum absolute atomic E-state index is 0.225. The average molecular weight is 433 g/mol. The van der Waals surface area contributed by atoms with Gasteiger partial charge < -0.3 is 25.8 Å². The van der Waals surface area contributed by atoms with E-state index in [1.807, 2.05) is 18.9 Å². The molecule has 5 rings (SSSR count). The van der Waals surface area contributed by atoms with Crippen LogP contribution in [0.25, 0.3) is 22.8 Å². The van der Waals surface area contributed by atoms with Crippen molar-refractivity contribution < 1.29 is 4.79 Å². The normalized spacial score (nSPS) is 19.7. The number of hydrogen-bond acceptors (Lipinski definition) is 7. The highest BCUT2D eigenvalue weighted by Crippen LogP contribution is 2.35. The van der Waals surface area contributed by atoms with E-state index in [-0.39, 0.29) is 18.0 Å². The van der Waals surface area contributed by atoms with Crippen LogP contribution in [0, 0.1) is 0 Å². The zero-order valence-electron chi connectivity index (χ0n) is 18.4. The topological polar surface area (TPSA) is 116 Å². The van der Waals surface area contributed by atoms with Crippen molar-refractivity contribution in [1.29, 1.82) is 0 Å². The van der Waals surface area contributed by atoms with Crippen molar-refractivity contribution >= 4 is 17.5 Å². The first-order valence-corrected chi connectivity index (χ1v) is 11.0. The maximum absolute atomic E-state index is 12.1. The Labute approximate surface area is 187 Å². The molecule has 9 heteroatoms. The van der Waals surface area contributed by atoms with Crippen LogP contribution in [0.4, 0.5) is 11.6 Å². The highest BCUT2D eigenvalue weighted by atomic mass is 16.2. The molecule has 32 heavy (non-hydrogen) atoms. The van der Waals surface area contributed by atoms with Gasteiger partial charge in [-0.05, 0) is 24.6 Å². The third-order valence-electron chi connectivity index (χ3n) is 6.39. The second-order valence-corrected chi connectivity index (χ2v) is 8.43. The van der Waals surface area contributed by atoms with E-state index in [0.29, 0.717) is 23.8 Å². The van der Waals surface area contributed by atoms with Gasteiger partial charge in [0, 0.05) is 26.1 Å². The maximum atomic E-state index is 12.1. The zero-order valence-corrected chi connectivity index (χ0v) is 18.4. The number of nitrogens with one attached hydrogen (secondary N) is 2. The van der Waals surface area contributed by atoms with E-state index in [1.165, 1.54) is 5.56 Å². The number of carbonyl (C=O) groups is 1. The Morgan fingerprint density at radius 3 is 2.69 bits per heavy atom. The summed E-state index contributed by atoms with van der Waals surface area (Å²) in [6.07, 6.45) is 5.04. The molecular formula is C23H28N8O. The van der Waals surface area contributed by atoms with Crippen molar-refractivity contribution in [3.63, 3.8) is 0 Å². The number of nitrogens with two attached hydrogens (primary N) is 1. The lowest BCUT2D eigenvalue weighted by Gasteiger charge is -2.34. The lowest BCUT2D eigenvalue weighted by Crippen LogP contribution is -2.49. The van der Waals surface area contributed by atoms with E-state index in [9.17, 15) is 4.79 Å². The van der Waals surface area contributed by atoms with Crippen LogP contribution >= 0.6 is 0 Å². The Balaban J connectivity index is 1.37. The summed E-state index contributed by atoms with van der Waals surface area (Å²) in [7, 11) is 1.93. The molecule has 4 heterocycles. The molecule has 2 fully saturated rings. The molecule has 1 aromatic carbocycles. The highest BCUT2D eigenvalue weighted by molar-refractivity contribution is 5.77. The van der Waals surface area contributed by atoms with E-state index in [1.54, 1.807) is 12.4 Å². The molecule has 0 saturated carbocycles. The van der Waals surface area contributed by atoms with Crippen LogP contribution in [0.15, 0.2) is 36.7 Å². The van der Waals surface area contributed by atoms with Crippen molar-refractivity contribution in [2.24, 2.45) is 0 Å². The molecule has 0 radical (unpaired) electrons. The average Bonchev–Trinajstić information content (AvgIpc) is 3.56. The first-order valence-electron chi connectivity index (χ1n) is 11.0. The molecule has 4 N–H and O–H groups in total. The van der Waals surface area contributed by atoms with Crippen LogP contribution in [0.1, 0.15) is 25.3 Å². The number of piperazine rings is 1. The number of H-pyrrole nitrogens is 1. The number of likely N-dealkylation sites (tertiary alicyclic amines) is 1. The zero-order chi connectivity index (χ0) is 22.2. The fraction of sp³-hybridized carbons (Fsp3) is 0.391. The molecule has 0 aliphatic carbocycles. The Morgan fingerprint density at radius 1 is 1.19 bits per heavy atom. The summed E-state index contributed by atoms with van der Waals surface area (Å²) in [6, 6.07) is 8.84. The number of fused-ring (bicyclic) bond motifs is 2. The van der Waals surface area contributed by atoms with Gasteiger partial charge in [-0.15, -0.1) is 0 Å². The van der Waals surface area contributed by atoms with Gasteiger partial charge in [0.1, 0.15) is 5.82 Å². The molecule has 9 nitrogen and oxygen atoms in total. The minimum Gasteiger partial charge on any atom is -0.382 e. The first kappa shape index (κ1) is 20.4. The van der Waals surface area contributed by atoms with Gasteiger partial charge in [-0.3, -0.25) is 4.79 Å². The summed E-state index contributed by atoms with van der Waals surface area (Å²) < 4.78 is 0. The molecule has 2 bridgehead atoms. The predicted octanol–water partition coefficient (Wildman–Crippen LogP) is 2.03. The largest absolute Gasteiger partial charge is 0.382 e. The SMILES string of the molecule is CCC(=O)N1C[C@@H]2C[C@@H]1CN2c1cnc(N)c(-c2ncc(-c3ccc(CNC)cc3)[nH]2)n1. The number of imidazole rings is 1. The number of rotatable bonds is 6. The molecule has 2 atom stereocenters. The number of aromatic nitrogens is 4. The van der Waals surface area contributed by atoms with Crippen LogP contribution < -0.4 is 16.0 Å². The fourth-order valence-corrected chi connectivity index (χ4v) is 4.75. The molecule has 0 unspecified atom stereocenters. The number of carbonyl (C=O) groups excluding carboxylic acids is 1. The summed E-state index contributed by atoms with van der Waals surface area (Å²) in [5, 5.41) is 3.15. The monoisotopic (exact) mass is 432 g/mol. The van der Waals surface area contributed by atoms with Gasteiger partial charge in [-0.2, -0.15) is 0 Å². The Hall–Kier alpha value is -3.46. The van der Waals surface area contributed by atoms with Gasteiger partial charge in [0.05, 0.1) is 30.2 Å². The van der Waals surface area contributed by atoms with Crippen molar-refractivity contribution in [1.82, 2.24) is 30.2 Å². The summed E-state index contributed by atoms with van der Waals surface area (Å²) in [5.74, 6) is 1.94. The Kier molecular flexibility index (Phi) is 5.26. The Morgan fingerprint density at radius 2 is 2.00 bits per heavy atom. The van der Waals surface area contributed by atoms with Gasteiger partial charge in [0.25, 0.3) is 0 Å².